The Morgan fingerprint density at radius 3 is 1.62 bits per heavy atom. The van der Waals surface area contributed by atoms with E-state index in [1.807, 2.05) is 0 Å². The van der Waals surface area contributed by atoms with Crippen molar-refractivity contribution in [1.82, 2.24) is 0 Å². The maximum absolute atomic E-state index is 2.46. The molecule has 0 fully saturated rings. The van der Waals surface area contributed by atoms with Gasteiger partial charge in [0.25, 0.3) is 0 Å². The fourth-order valence-electron chi connectivity index (χ4n) is 8.06. The van der Waals surface area contributed by atoms with Crippen LogP contribution in [-0.4, -0.2) is 0 Å². The van der Waals surface area contributed by atoms with Crippen LogP contribution in [0.3, 0.4) is 0 Å². The molecule has 0 aliphatic heterocycles. The fourth-order valence-corrected chi connectivity index (χ4v) is 8.06. The van der Waals surface area contributed by atoms with Gasteiger partial charge in [0.1, 0.15) is 0 Å². The lowest BCUT2D eigenvalue weighted by atomic mass is 9.77. The molecule has 0 radical (unpaired) electrons. The number of hydrogen-bond acceptors (Lipinski definition) is 0. The van der Waals surface area contributed by atoms with E-state index in [1.165, 1.54) is 92.8 Å². The molecule has 0 spiro atoms. The molecule has 0 heteroatoms. The van der Waals surface area contributed by atoms with E-state index < -0.39 is 0 Å². The van der Waals surface area contributed by atoms with Crippen molar-refractivity contribution in [2.45, 2.75) is 26.2 Å². The summed E-state index contributed by atoms with van der Waals surface area (Å²) < 4.78 is 0. The van der Waals surface area contributed by atoms with Crippen LogP contribution in [0.5, 0.6) is 0 Å². The first-order valence-electron chi connectivity index (χ1n) is 16.9. The summed E-state index contributed by atoms with van der Waals surface area (Å²) in [6.07, 6.45) is 0. The summed E-state index contributed by atoms with van der Waals surface area (Å²) in [5.74, 6) is 0. The Bertz CT molecular complexity index is 2700. The normalized spacial score (nSPS) is 12.1. The molecule has 0 aliphatic carbocycles. The van der Waals surface area contributed by atoms with Gasteiger partial charge in [-0.05, 0) is 110 Å². The highest BCUT2D eigenvalue weighted by Gasteiger charge is 2.24. The summed E-state index contributed by atoms with van der Waals surface area (Å²) in [6, 6.07) is 60.7. The second-order valence-electron chi connectivity index (χ2n) is 14.1. The summed E-state index contributed by atoms with van der Waals surface area (Å²) in [5, 5.41) is 12.9. The Morgan fingerprint density at radius 2 is 0.854 bits per heavy atom. The van der Waals surface area contributed by atoms with Crippen LogP contribution < -0.4 is 0 Å². The SMILES string of the molecule is CC(C)(C)c1c2ccccc2c(-c2ccc3ccccc3c2)c2ccc(-c3ccc(-c4cccc5ccccc45)c4ccccc34)cc12. The Balaban J connectivity index is 1.33. The largest absolute Gasteiger partial charge is 0.0616 e. The van der Waals surface area contributed by atoms with Crippen LogP contribution >= 0.6 is 0 Å². The standard InChI is InChI=1S/C48H36/c1-48(2,3)47-44-21-11-10-20-42(44)46(35-24-23-31-13-4-5-15-33(31)29-35)43-26-25-34(30-45(43)47)37-27-28-41(40-19-9-8-18-38(37)40)39-22-12-16-32-14-6-7-17-36(32)39/h4-30H,1-3H3. The van der Waals surface area contributed by atoms with Crippen molar-refractivity contribution in [3.8, 4) is 33.4 Å². The number of benzene rings is 9. The Morgan fingerprint density at radius 1 is 0.312 bits per heavy atom. The summed E-state index contributed by atoms with van der Waals surface area (Å²) in [5.41, 5.74) is 8.96. The summed E-state index contributed by atoms with van der Waals surface area (Å²) in [4.78, 5) is 0. The first-order chi connectivity index (χ1) is 23.5. The quantitative estimate of drug-likeness (QED) is 0.174. The van der Waals surface area contributed by atoms with Gasteiger partial charge in [-0.3, -0.25) is 0 Å². The minimum absolute atomic E-state index is 0.0569. The third-order valence-electron chi connectivity index (χ3n) is 10.1. The minimum atomic E-state index is -0.0569. The molecule has 48 heavy (non-hydrogen) atoms. The number of rotatable bonds is 3. The molecule has 0 amide bonds. The second kappa shape index (κ2) is 10.9. The van der Waals surface area contributed by atoms with Gasteiger partial charge in [0.15, 0.2) is 0 Å². The van der Waals surface area contributed by atoms with Crippen LogP contribution in [0.2, 0.25) is 0 Å². The molecule has 9 rings (SSSR count). The molecule has 0 bridgehead atoms. The molecular formula is C48H36. The molecule has 0 atom stereocenters. The van der Waals surface area contributed by atoms with Crippen LogP contribution in [0.25, 0.3) is 87.2 Å². The molecule has 0 N–H and O–H groups in total. The molecule has 0 aromatic heterocycles. The smallest absolute Gasteiger partial charge is 0.00264 e. The van der Waals surface area contributed by atoms with Crippen LogP contribution in [0, 0.1) is 0 Å². The van der Waals surface area contributed by atoms with Crippen molar-refractivity contribution in [2.75, 3.05) is 0 Å². The fraction of sp³-hybridized carbons (Fsp3) is 0.0833. The molecule has 0 unspecified atom stereocenters. The van der Waals surface area contributed by atoms with E-state index in [0.29, 0.717) is 0 Å². The third kappa shape index (κ3) is 4.52. The topological polar surface area (TPSA) is 0 Å². The van der Waals surface area contributed by atoms with E-state index in [0.717, 1.165) is 0 Å². The van der Waals surface area contributed by atoms with Gasteiger partial charge >= 0.3 is 0 Å². The van der Waals surface area contributed by atoms with Crippen LogP contribution in [0.1, 0.15) is 26.3 Å². The summed E-state index contributed by atoms with van der Waals surface area (Å²) in [7, 11) is 0. The van der Waals surface area contributed by atoms with Gasteiger partial charge < -0.3 is 0 Å². The van der Waals surface area contributed by atoms with Gasteiger partial charge in [-0.25, -0.2) is 0 Å². The van der Waals surface area contributed by atoms with E-state index in [4.69, 9.17) is 0 Å². The predicted octanol–water partition coefficient (Wildman–Crippen LogP) is 13.8. The highest BCUT2D eigenvalue weighted by atomic mass is 14.3. The van der Waals surface area contributed by atoms with Gasteiger partial charge in [-0.1, -0.05) is 172 Å². The lowest BCUT2D eigenvalue weighted by Crippen LogP contribution is -2.13. The lowest BCUT2D eigenvalue weighted by molar-refractivity contribution is 0.601. The van der Waals surface area contributed by atoms with Crippen LogP contribution in [0.15, 0.2) is 164 Å². The monoisotopic (exact) mass is 612 g/mol. The van der Waals surface area contributed by atoms with Crippen molar-refractivity contribution < 1.29 is 0 Å². The van der Waals surface area contributed by atoms with E-state index in [1.54, 1.807) is 0 Å². The number of hydrogen-bond donors (Lipinski definition) is 0. The van der Waals surface area contributed by atoms with Crippen molar-refractivity contribution >= 4 is 53.9 Å². The predicted molar refractivity (Wildman–Crippen MR) is 209 cm³/mol. The van der Waals surface area contributed by atoms with Gasteiger partial charge in [0, 0.05) is 0 Å². The zero-order valence-electron chi connectivity index (χ0n) is 27.6. The molecule has 9 aromatic carbocycles. The molecule has 228 valence electrons. The Hall–Kier alpha value is -5.72. The Labute approximate surface area is 281 Å². The van der Waals surface area contributed by atoms with Gasteiger partial charge in [-0.2, -0.15) is 0 Å². The third-order valence-corrected chi connectivity index (χ3v) is 10.1. The molecule has 0 saturated heterocycles. The van der Waals surface area contributed by atoms with Gasteiger partial charge in [0.05, 0.1) is 0 Å². The van der Waals surface area contributed by atoms with Crippen LogP contribution in [0.4, 0.5) is 0 Å². The highest BCUT2D eigenvalue weighted by molar-refractivity contribution is 6.17. The van der Waals surface area contributed by atoms with Gasteiger partial charge in [-0.15, -0.1) is 0 Å². The van der Waals surface area contributed by atoms with E-state index in [2.05, 4.69) is 185 Å². The number of fused-ring (bicyclic) bond motifs is 5. The minimum Gasteiger partial charge on any atom is -0.0616 e. The molecule has 9 aromatic rings. The molecular weight excluding hydrogens is 577 g/mol. The maximum Gasteiger partial charge on any atom is -0.00264 e. The van der Waals surface area contributed by atoms with Crippen molar-refractivity contribution in [3.63, 3.8) is 0 Å². The summed E-state index contributed by atoms with van der Waals surface area (Å²) >= 11 is 0. The van der Waals surface area contributed by atoms with Crippen molar-refractivity contribution in [1.29, 1.82) is 0 Å². The Kier molecular flexibility index (Phi) is 6.49. The first-order valence-corrected chi connectivity index (χ1v) is 16.9. The zero-order chi connectivity index (χ0) is 32.4. The maximum atomic E-state index is 2.46. The first kappa shape index (κ1) is 28.5. The summed E-state index contributed by atoms with van der Waals surface area (Å²) in [6.45, 7) is 7.06. The average molecular weight is 613 g/mol. The average Bonchev–Trinajstić information content (AvgIpc) is 3.12. The van der Waals surface area contributed by atoms with Crippen molar-refractivity contribution in [2.24, 2.45) is 0 Å². The molecule has 0 heterocycles. The van der Waals surface area contributed by atoms with Crippen molar-refractivity contribution in [3.05, 3.63) is 169 Å². The van der Waals surface area contributed by atoms with E-state index in [-0.39, 0.29) is 5.41 Å². The zero-order valence-corrected chi connectivity index (χ0v) is 27.6. The van der Waals surface area contributed by atoms with E-state index >= 15 is 0 Å². The highest BCUT2D eigenvalue weighted by Crippen LogP contribution is 2.46. The van der Waals surface area contributed by atoms with E-state index in [9.17, 15) is 0 Å². The lowest BCUT2D eigenvalue weighted by Gasteiger charge is -2.27. The molecule has 0 nitrogen and oxygen atoms in total. The van der Waals surface area contributed by atoms with Gasteiger partial charge in [0.2, 0.25) is 0 Å². The molecule has 0 saturated carbocycles. The molecule has 0 aliphatic rings. The van der Waals surface area contributed by atoms with Crippen LogP contribution in [-0.2, 0) is 5.41 Å². The second-order valence-corrected chi connectivity index (χ2v) is 14.1.